The second-order valence-electron chi connectivity index (χ2n) is 5.47. The fraction of sp³-hybridized carbons (Fsp3) is 0.786. The molecule has 20 heavy (non-hydrogen) atoms. The summed E-state index contributed by atoms with van der Waals surface area (Å²) in [6.07, 6.45) is 2.73. The molecule has 2 rings (SSSR count). The molecule has 2 amide bonds. The second-order valence-corrected chi connectivity index (χ2v) is 5.47. The molecule has 0 radical (unpaired) electrons. The minimum Gasteiger partial charge on any atom is -0.464 e. The van der Waals surface area contributed by atoms with Gasteiger partial charge in [0.2, 0.25) is 11.8 Å². The first kappa shape index (κ1) is 14.8. The van der Waals surface area contributed by atoms with Gasteiger partial charge in [0.15, 0.2) is 0 Å². The van der Waals surface area contributed by atoms with Crippen LogP contribution in [-0.2, 0) is 19.1 Å². The molecule has 0 aromatic heterocycles. The smallest absolute Gasteiger partial charge is 0.328 e. The number of rotatable bonds is 3. The molecule has 2 fully saturated rings. The van der Waals surface area contributed by atoms with E-state index in [2.05, 4.69) is 0 Å². The van der Waals surface area contributed by atoms with Crippen molar-refractivity contribution < 1.29 is 19.1 Å². The van der Waals surface area contributed by atoms with Gasteiger partial charge in [0.25, 0.3) is 0 Å². The molecular weight excluding hydrogens is 260 g/mol. The third-order valence-corrected chi connectivity index (χ3v) is 4.03. The molecule has 2 heterocycles. The standard InChI is InChI=1S/C14H22N2O4/c1-3-20-14(19)11-6-4-5-7-16(11)13(18)10-8-12(17)15(2)9-10/h10-11H,3-9H2,1-2H3. The molecule has 0 bridgehead atoms. The molecule has 6 nitrogen and oxygen atoms in total. The van der Waals surface area contributed by atoms with E-state index in [4.69, 9.17) is 4.74 Å². The normalized spacial score (nSPS) is 26.8. The summed E-state index contributed by atoms with van der Waals surface area (Å²) in [5.41, 5.74) is 0. The Morgan fingerprint density at radius 3 is 2.70 bits per heavy atom. The third-order valence-electron chi connectivity index (χ3n) is 4.03. The summed E-state index contributed by atoms with van der Waals surface area (Å²) in [4.78, 5) is 39.3. The fourth-order valence-electron chi connectivity index (χ4n) is 2.94. The van der Waals surface area contributed by atoms with Crippen LogP contribution in [0.15, 0.2) is 0 Å². The molecule has 0 aromatic carbocycles. The summed E-state index contributed by atoms with van der Waals surface area (Å²) in [6, 6.07) is -0.475. The first-order chi connectivity index (χ1) is 9.54. The van der Waals surface area contributed by atoms with Crippen molar-refractivity contribution in [3.63, 3.8) is 0 Å². The van der Waals surface area contributed by atoms with Crippen LogP contribution < -0.4 is 0 Å². The van der Waals surface area contributed by atoms with E-state index in [1.165, 1.54) is 0 Å². The summed E-state index contributed by atoms with van der Waals surface area (Å²) < 4.78 is 5.06. The maximum absolute atomic E-state index is 12.5. The monoisotopic (exact) mass is 282 g/mol. The Morgan fingerprint density at radius 2 is 2.10 bits per heavy atom. The largest absolute Gasteiger partial charge is 0.464 e. The van der Waals surface area contributed by atoms with Crippen LogP contribution >= 0.6 is 0 Å². The highest BCUT2D eigenvalue weighted by molar-refractivity contribution is 5.91. The number of hydrogen-bond donors (Lipinski definition) is 0. The lowest BCUT2D eigenvalue weighted by Gasteiger charge is -2.35. The maximum Gasteiger partial charge on any atom is 0.328 e. The lowest BCUT2D eigenvalue weighted by Crippen LogP contribution is -2.51. The van der Waals surface area contributed by atoms with E-state index in [0.29, 0.717) is 26.1 Å². The van der Waals surface area contributed by atoms with E-state index in [1.54, 1.807) is 23.8 Å². The summed E-state index contributed by atoms with van der Waals surface area (Å²) in [7, 11) is 1.70. The number of carbonyl (C=O) groups excluding carboxylic acids is 3. The van der Waals surface area contributed by atoms with Crippen molar-refractivity contribution in [1.82, 2.24) is 9.80 Å². The van der Waals surface area contributed by atoms with Gasteiger partial charge in [0, 0.05) is 26.6 Å². The molecule has 0 N–H and O–H groups in total. The number of esters is 1. The van der Waals surface area contributed by atoms with Gasteiger partial charge in [-0.1, -0.05) is 0 Å². The first-order valence-electron chi connectivity index (χ1n) is 7.25. The molecule has 2 aliphatic rings. The van der Waals surface area contributed by atoms with E-state index in [-0.39, 0.29) is 30.1 Å². The average Bonchev–Trinajstić information content (AvgIpc) is 2.78. The van der Waals surface area contributed by atoms with Crippen LogP contribution in [0.25, 0.3) is 0 Å². The zero-order valence-corrected chi connectivity index (χ0v) is 12.1. The van der Waals surface area contributed by atoms with E-state index in [0.717, 1.165) is 12.8 Å². The van der Waals surface area contributed by atoms with E-state index in [9.17, 15) is 14.4 Å². The number of piperidine rings is 1. The Labute approximate surface area is 119 Å². The molecule has 0 saturated carbocycles. The number of amides is 2. The number of hydrogen-bond acceptors (Lipinski definition) is 4. The number of nitrogens with zero attached hydrogens (tertiary/aromatic N) is 2. The van der Waals surface area contributed by atoms with Gasteiger partial charge in [-0.3, -0.25) is 9.59 Å². The lowest BCUT2D eigenvalue weighted by molar-refractivity contribution is -0.158. The molecule has 2 atom stereocenters. The molecule has 2 unspecified atom stereocenters. The van der Waals surface area contributed by atoms with Crippen LogP contribution in [0.1, 0.15) is 32.6 Å². The van der Waals surface area contributed by atoms with Crippen LogP contribution in [0.3, 0.4) is 0 Å². The lowest BCUT2D eigenvalue weighted by atomic mass is 9.98. The Bertz CT molecular complexity index is 410. The maximum atomic E-state index is 12.5. The molecule has 112 valence electrons. The average molecular weight is 282 g/mol. The van der Waals surface area contributed by atoms with Crippen LogP contribution in [-0.4, -0.2) is 60.4 Å². The SMILES string of the molecule is CCOC(=O)C1CCCCN1C(=O)C1CC(=O)N(C)C1. The predicted molar refractivity (Wildman–Crippen MR) is 71.7 cm³/mol. The van der Waals surface area contributed by atoms with Gasteiger partial charge in [-0.05, 0) is 26.2 Å². The number of ether oxygens (including phenoxy) is 1. The molecule has 6 heteroatoms. The van der Waals surface area contributed by atoms with Crippen molar-refractivity contribution in [3.8, 4) is 0 Å². The molecule has 0 aliphatic carbocycles. The van der Waals surface area contributed by atoms with Crippen molar-refractivity contribution in [1.29, 1.82) is 0 Å². The van der Waals surface area contributed by atoms with Gasteiger partial charge in [-0.2, -0.15) is 0 Å². The van der Waals surface area contributed by atoms with E-state index < -0.39 is 6.04 Å². The molecule has 0 spiro atoms. The molecule has 2 saturated heterocycles. The second kappa shape index (κ2) is 6.24. The van der Waals surface area contributed by atoms with Gasteiger partial charge in [-0.25, -0.2) is 4.79 Å². The van der Waals surface area contributed by atoms with Crippen molar-refractivity contribution >= 4 is 17.8 Å². The Kier molecular flexibility index (Phi) is 4.62. The Balaban J connectivity index is 2.06. The summed E-state index contributed by atoms with van der Waals surface area (Å²) in [5, 5.41) is 0. The topological polar surface area (TPSA) is 66.9 Å². The highest BCUT2D eigenvalue weighted by Gasteiger charge is 2.40. The zero-order valence-electron chi connectivity index (χ0n) is 12.1. The molecular formula is C14H22N2O4. The Hall–Kier alpha value is -1.59. The zero-order chi connectivity index (χ0) is 14.7. The van der Waals surface area contributed by atoms with Gasteiger partial charge in [0.1, 0.15) is 6.04 Å². The highest BCUT2D eigenvalue weighted by atomic mass is 16.5. The van der Waals surface area contributed by atoms with Crippen LogP contribution in [0.5, 0.6) is 0 Å². The predicted octanol–water partition coefficient (Wildman–Crippen LogP) is 0.409. The summed E-state index contributed by atoms with van der Waals surface area (Å²) >= 11 is 0. The first-order valence-corrected chi connectivity index (χ1v) is 7.25. The van der Waals surface area contributed by atoms with Crippen LogP contribution in [0, 0.1) is 5.92 Å². The van der Waals surface area contributed by atoms with Crippen molar-refractivity contribution in [2.45, 2.75) is 38.6 Å². The van der Waals surface area contributed by atoms with Crippen molar-refractivity contribution in [2.75, 3.05) is 26.7 Å². The number of carbonyl (C=O) groups is 3. The fourth-order valence-corrected chi connectivity index (χ4v) is 2.94. The van der Waals surface area contributed by atoms with E-state index in [1.807, 2.05) is 0 Å². The molecule has 0 aromatic rings. The summed E-state index contributed by atoms with van der Waals surface area (Å²) in [5.74, 6) is -0.728. The third kappa shape index (κ3) is 2.94. The van der Waals surface area contributed by atoms with Gasteiger partial charge < -0.3 is 14.5 Å². The van der Waals surface area contributed by atoms with Crippen molar-refractivity contribution in [3.05, 3.63) is 0 Å². The van der Waals surface area contributed by atoms with Crippen molar-refractivity contribution in [2.24, 2.45) is 5.92 Å². The highest BCUT2D eigenvalue weighted by Crippen LogP contribution is 2.24. The van der Waals surface area contributed by atoms with Gasteiger partial charge in [0.05, 0.1) is 12.5 Å². The molecule has 2 aliphatic heterocycles. The van der Waals surface area contributed by atoms with E-state index >= 15 is 0 Å². The quantitative estimate of drug-likeness (QED) is 0.703. The van der Waals surface area contributed by atoms with Crippen LogP contribution in [0.4, 0.5) is 0 Å². The van der Waals surface area contributed by atoms with Gasteiger partial charge in [-0.15, -0.1) is 0 Å². The number of likely N-dealkylation sites (tertiary alicyclic amines) is 2. The van der Waals surface area contributed by atoms with Gasteiger partial charge >= 0.3 is 5.97 Å². The Morgan fingerprint density at radius 1 is 1.35 bits per heavy atom. The minimum atomic E-state index is -0.475. The minimum absolute atomic E-state index is 0.00644. The summed E-state index contributed by atoms with van der Waals surface area (Å²) in [6.45, 7) is 3.11. The van der Waals surface area contributed by atoms with Crippen LogP contribution in [0.2, 0.25) is 0 Å².